The Morgan fingerprint density at radius 2 is 1.80 bits per heavy atom. The zero-order valence-corrected chi connectivity index (χ0v) is 14.1. The fourth-order valence-corrected chi connectivity index (χ4v) is 2.85. The molecule has 1 aromatic heterocycles. The average Bonchev–Trinajstić information content (AvgIpc) is 3.05. The van der Waals surface area contributed by atoms with Crippen molar-refractivity contribution in [1.29, 1.82) is 0 Å². The van der Waals surface area contributed by atoms with E-state index in [0.29, 0.717) is 23.3 Å². The van der Waals surface area contributed by atoms with E-state index < -0.39 is 5.97 Å². The number of aromatic nitrogens is 1. The number of rotatable bonds is 6. The van der Waals surface area contributed by atoms with Gasteiger partial charge in [0.15, 0.2) is 0 Å². The number of benzene rings is 1. The maximum absolute atomic E-state index is 12.2. The molecule has 3 rings (SSSR count). The molecular formula is C18H18N2O5. The van der Waals surface area contributed by atoms with Crippen LogP contribution in [0.4, 0.5) is 0 Å². The number of imide groups is 1. The van der Waals surface area contributed by atoms with E-state index in [0.717, 1.165) is 16.2 Å². The number of carbonyl (C=O) groups is 3. The van der Waals surface area contributed by atoms with E-state index in [-0.39, 0.29) is 31.4 Å². The number of nitrogens with zero attached hydrogens (tertiary/aromatic N) is 2. The highest BCUT2D eigenvalue weighted by Crippen LogP contribution is 2.22. The number of fused-ring (bicyclic) bond motifs is 1. The lowest BCUT2D eigenvalue weighted by Crippen LogP contribution is -2.33. The zero-order valence-electron chi connectivity index (χ0n) is 14.1. The molecular weight excluding hydrogens is 324 g/mol. The molecule has 130 valence electrons. The summed E-state index contributed by atoms with van der Waals surface area (Å²) in [6.07, 6.45) is 0.665. The summed E-state index contributed by atoms with van der Waals surface area (Å²) in [6, 6.07) is 6.65. The molecule has 0 saturated carbocycles. The lowest BCUT2D eigenvalue weighted by atomic mass is 10.1. The number of ether oxygens (including phenoxy) is 1. The molecule has 0 fully saturated rings. The van der Waals surface area contributed by atoms with Gasteiger partial charge in [0.25, 0.3) is 11.8 Å². The fraction of sp³-hybridized carbons (Fsp3) is 0.333. The van der Waals surface area contributed by atoms with Gasteiger partial charge in [0.05, 0.1) is 23.4 Å². The van der Waals surface area contributed by atoms with Gasteiger partial charge in [0.1, 0.15) is 12.4 Å². The second kappa shape index (κ2) is 6.88. The van der Waals surface area contributed by atoms with Crippen molar-refractivity contribution in [3.63, 3.8) is 0 Å². The van der Waals surface area contributed by atoms with Crippen LogP contribution in [0.5, 0.6) is 0 Å². The molecule has 0 atom stereocenters. The van der Waals surface area contributed by atoms with Crippen molar-refractivity contribution >= 4 is 17.8 Å². The molecule has 0 saturated heterocycles. The topological polar surface area (TPSA) is 89.7 Å². The molecule has 0 unspecified atom stereocenters. The van der Waals surface area contributed by atoms with Crippen LogP contribution in [-0.2, 0) is 16.0 Å². The molecule has 1 aliphatic heterocycles. The van der Waals surface area contributed by atoms with Crippen LogP contribution >= 0.6 is 0 Å². The minimum atomic E-state index is -0.392. The highest BCUT2D eigenvalue weighted by molar-refractivity contribution is 6.21. The van der Waals surface area contributed by atoms with Gasteiger partial charge in [0.2, 0.25) is 0 Å². The van der Waals surface area contributed by atoms with E-state index in [1.165, 1.54) is 0 Å². The second-order valence-corrected chi connectivity index (χ2v) is 5.83. The smallest absolute Gasteiger partial charge is 0.306 e. The molecule has 0 N–H and O–H groups in total. The predicted molar refractivity (Wildman–Crippen MR) is 87.1 cm³/mol. The number of hydrogen-bond acceptors (Lipinski definition) is 6. The second-order valence-electron chi connectivity index (χ2n) is 5.83. The summed E-state index contributed by atoms with van der Waals surface area (Å²) in [7, 11) is 0. The van der Waals surface area contributed by atoms with Gasteiger partial charge in [-0.3, -0.25) is 19.3 Å². The number of hydrogen-bond donors (Lipinski definition) is 0. The SMILES string of the molecule is Cc1noc(C)c1CCC(=O)OCCN1C(=O)c2ccccc2C1=O. The van der Waals surface area contributed by atoms with Gasteiger partial charge in [-0.25, -0.2) is 0 Å². The van der Waals surface area contributed by atoms with Crippen LogP contribution in [0.3, 0.4) is 0 Å². The number of amides is 2. The Morgan fingerprint density at radius 3 is 2.36 bits per heavy atom. The summed E-state index contributed by atoms with van der Waals surface area (Å²) in [5.41, 5.74) is 2.43. The highest BCUT2D eigenvalue weighted by Gasteiger charge is 2.34. The van der Waals surface area contributed by atoms with E-state index in [4.69, 9.17) is 9.26 Å². The molecule has 0 bridgehead atoms. The van der Waals surface area contributed by atoms with Crippen molar-refractivity contribution in [2.45, 2.75) is 26.7 Å². The maximum atomic E-state index is 12.2. The molecule has 2 heterocycles. The molecule has 1 aromatic carbocycles. The van der Waals surface area contributed by atoms with Gasteiger partial charge in [-0.1, -0.05) is 17.3 Å². The first-order valence-corrected chi connectivity index (χ1v) is 8.01. The van der Waals surface area contributed by atoms with Crippen LogP contribution in [0.1, 0.15) is 44.2 Å². The predicted octanol–water partition coefficient (Wildman–Crippen LogP) is 2.06. The molecule has 2 aromatic rings. The largest absolute Gasteiger partial charge is 0.464 e. The van der Waals surface area contributed by atoms with Crippen LogP contribution in [0.15, 0.2) is 28.8 Å². The number of carbonyl (C=O) groups excluding carboxylic acids is 3. The number of esters is 1. The van der Waals surface area contributed by atoms with E-state index in [1.807, 2.05) is 6.92 Å². The van der Waals surface area contributed by atoms with Crippen molar-refractivity contribution < 1.29 is 23.6 Å². The van der Waals surface area contributed by atoms with Gasteiger partial charge in [0, 0.05) is 12.0 Å². The molecule has 0 radical (unpaired) electrons. The van der Waals surface area contributed by atoms with Gasteiger partial charge in [-0.2, -0.15) is 0 Å². The van der Waals surface area contributed by atoms with Crippen LogP contribution in [0.2, 0.25) is 0 Å². The molecule has 2 amide bonds. The summed E-state index contributed by atoms with van der Waals surface area (Å²) in [6.45, 7) is 3.64. The third-order valence-corrected chi connectivity index (χ3v) is 4.22. The van der Waals surface area contributed by atoms with Gasteiger partial charge in [-0.15, -0.1) is 0 Å². The molecule has 1 aliphatic rings. The quantitative estimate of drug-likeness (QED) is 0.590. The minimum absolute atomic E-state index is 0.0219. The molecule has 25 heavy (non-hydrogen) atoms. The average molecular weight is 342 g/mol. The lowest BCUT2D eigenvalue weighted by molar-refractivity contribution is -0.143. The first-order chi connectivity index (χ1) is 12.0. The third kappa shape index (κ3) is 3.31. The van der Waals surface area contributed by atoms with Gasteiger partial charge in [-0.05, 0) is 32.4 Å². The van der Waals surface area contributed by atoms with E-state index in [1.54, 1.807) is 31.2 Å². The molecule has 7 heteroatoms. The fourth-order valence-electron chi connectivity index (χ4n) is 2.85. The maximum Gasteiger partial charge on any atom is 0.306 e. The van der Waals surface area contributed by atoms with Crippen molar-refractivity contribution in [2.75, 3.05) is 13.2 Å². The van der Waals surface area contributed by atoms with E-state index in [9.17, 15) is 14.4 Å². The Kier molecular flexibility index (Phi) is 4.65. The minimum Gasteiger partial charge on any atom is -0.464 e. The van der Waals surface area contributed by atoms with Crippen molar-refractivity contribution in [3.8, 4) is 0 Å². The Morgan fingerprint density at radius 1 is 1.16 bits per heavy atom. The monoisotopic (exact) mass is 342 g/mol. The highest BCUT2D eigenvalue weighted by atomic mass is 16.5. The van der Waals surface area contributed by atoms with Gasteiger partial charge < -0.3 is 9.26 Å². The summed E-state index contributed by atoms with van der Waals surface area (Å²) in [5.74, 6) is -0.410. The molecule has 7 nitrogen and oxygen atoms in total. The Hall–Kier alpha value is -2.96. The third-order valence-electron chi connectivity index (χ3n) is 4.22. The first-order valence-electron chi connectivity index (χ1n) is 8.01. The van der Waals surface area contributed by atoms with E-state index in [2.05, 4.69) is 5.16 Å². The van der Waals surface area contributed by atoms with Crippen LogP contribution in [0, 0.1) is 13.8 Å². The van der Waals surface area contributed by atoms with Crippen molar-refractivity contribution in [3.05, 3.63) is 52.4 Å². The zero-order chi connectivity index (χ0) is 18.0. The first kappa shape index (κ1) is 16.9. The van der Waals surface area contributed by atoms with Crippen LogP contribution in [-0.4, -0.2) is 41.0 Å². The van der Waals surface area contributed by atoms with Crippen molar-refractivity contribution in [1.82, 2.24) is 10.1 Å². The summed E-state index contributed by atoms with van der Waals surface area (Å²) in [5, 5.41) is 3.84. The van der Waals surface area contributed by atoms with E-state index >= 15 is 0 Å². The van der Waals surface area contributed by atoms with Gasteiger partial charge >= 0.3 is 5.97 Å². The van der Waals surface area contributed by atoms with Crippen LogP contribution < -0.4 is 0 Å². The lowest BCUT2D eigenvalue weighted by Gasteiger charge is -2.13. The number of aryl methyl sites for hydroxylation is 2. The van der Waals surface area contributed by atoms with Crippen LogP contribution in [0.25, 0.3) is 0 Å². The Bertz CT molecular complexity index is 785. The Balaban J connectivity index is 1.48. The van der Waals surface area contributed by atoms with Crippen molar-refractivity contribution in [2.24, 2.45) is 0 Å². The molecule has 0 aliphatic carbocycles. The Labute approximate surface area is 144 Å². The normalized spacial score (nSPS) is 13.3. The summed E-state index contributed by atoms with van der Waals surface area (Å²) in [4.78, 5) is 37.3. The standard InChI is InChI=1S/C18H18N2O5/c1-11-13(12(2)25-19-11)7-8-16(21)24-10-9-20-17(22)14-5-3-4-6-15(14)18(20)23/h3-6H,7-10H2,1-2H3. The summed E-state index contributed by atoms with van der Waals surface area (Å²) < 4.78 is 10.2. The molecule has 0 spiro atoms. The summed E-state index contributed by atoms with van der Waals surface area (Å²) >= 11 is 0.